The van der Waals surface area contributed by atoms with Crippen molar-refractivity contribution in [2.24, 2.45) is 0 Å². The predicted molar refractivity (Wildman–Crippen MR) is 94.7 cm³/mol. The fourth-order valence-electron chi connectivity index (χ4n) is 3.52. The zero-order chi connectivity index (χ0) is 15.3. The zero-order valence-corrected chi connectivity index (χ0v) is 12.8. The van der Waals surface area contributed by atoms with Crippen LogP contribution in [-0.4, -0.2) is 5.11 Å². The maximum Gasteiger partial charge on any atom is 0.119 e. The first-order valence-corrected chi connectivity index (χ1v) is 7.73. The van der Waals surface area contributed by atoms with Crippen LogP contribution in [0.15, 0.2) is 60.7 Å². The molecule has 0 aromatic heterocycles. The minimum atomic E-state index is 0.293. The van der Waals surface area contributed by atoms with Crippen LogP contribution in [0.1, 0.15) is 25.3 Å². The van der Waals surface area contributed by atoms with Gasteiger partial charge in [0.2, 0.25) is 0 Å². The van der Waals surface area contributed by atoms with Gasteiger partial charge in [0.15, 0.2) is 0 Å². The molecule has 108 valence electrons. The lowest BCUT2D eigenvalue weighted by atomic mass is 9.91. The molecule has 0 aliphatic rings. The molecule has 1 N–H and O–H groups in total. The second-order valence-corrected chi connectivity index (χ2v) is 6.20. The first-order valence-electron chi connectivity index (χ1n) is 7.73. The van der Waals surface area contributed by atoms with E-state index in [9.17, 15) is 5.11 Å². The summed E-state index contributed by atoms with van der Waals surface area (Å²) < 4.78 is 0. The van der Waals surface area contributed by atoms with E-state index in [4.69, 9.17) is 0 Å². The third-order valence-electron chi connectivity index (χ3n) is 4.52. The molecule has 1 heteroatoms. The Bertz CT molecular complexity index is 1010. The van der Waals surface area contributed by atoms with Crippen molar-refractivity contribution in [2.45, 2.75) is 19.8 Å². The molecule has 0 unspecified atom stereocenters. The topological polar surface area (TPSA) is 20.2 Å². The van der Waals surface area contributed by atoms with Gasteiger partial charge < -0.3 is 5.11 Å². The molecular weight excluding hydrogens is 268 g/mol. The highest BCUT2D eigenvalue weighted by Crippen LogP contribution is 2.38. The van der Waals surface area contributed by atoms with Crippen LogP contribution in [0.3, 0.4) is 0 Å². The number of phenolic OH excluding ortho intramolecular Hbond substituents is 1. The van der Waals surface area contributed by atoms with Gasteiger partial charge in [-0.25, -0.2) is 0 Å². The van der Waals surface area contributed by atoms with Gasteiger partial charge in [-0.05, 0) is 44.3 Å². The molecule has 4 rings (SSSR count). The molecule has 0 aliphatic heterocycles. The summed E-state index contributed by atoms with van der Waals surface area (Å²) in [7, 11) is 0. The third-order valence-corrected chi connectivity index (χ3v) is 4.52. The van der Waals surface area contributed by atoms with E-state index < -0.39 is 0 Å². The molecule has 0 amide bonds. The van der Waals surface area contributed by atoms with Crippen LogP contribution in [-0.2, 0) is 0 Å². The van der Waals surface area contributed by atoms with Gasteiger partial charge in [-0.3, -0.25) is 0 Å². The first kappa shape index (κ1) is 13.1. The van der Waals surface area contributed by atoms with Gasteiger partial charge in [0.1, 0.15) is 5.75 Å². The lowest BCUT2D eigenvalue weighted by Gasteiger charge is -2.14. The number of hydrogen-bond acceptors (Lipinski definition) is 1. The van der Waals surface area contributed by atoms with Gasteiger partial charge in [-0.2, -0.15) is 0 Å². The van der Waals surface area contributed by atoms with Crippen LogP contribution >= 0.6 is 0 Å². The van der Waals surface area contributed by atoms with E-state index in [0.717, 1.165) is 10.9 Å². The molecule has 0 spiro atoms. The fourth-order valence-corrected chi connectivity index (χ4v) is 3.52. The van der Waals surface area contributed by atoms with Crippen LogP contribution < -0.4 is 0 Å². The largest absolute Gasteiger partial charge is 0.508 e. The summed E-state index contributed by atoms with van der Waals surface area (Å²) in [5.41, 5.74) is 1.03. The summed E-state index contributed by atoms with van der Waals surface area (Å²) >= 11 is 0. The standard InChI is InChI=1S/C21H18O/c1-13(2)21-19-10-9-16-15-6-4-3-5-14(15)7-8-17(16)18(19)11-12-20(21)22/h3-13,22H,1-2H3. The average molecular weight is 286 g/mol. The smallest absolute Gasteiger partial charge is 0.119 e. The summed E-state index contributed by atoms with van der Waals surface area (Å²) in [4.78, 5) is 0. The Morgan fingerprint density at radius 1 is 0.636 bits per heavy atom. The molecule has 0 radical (unpaired) electrons. The highest BCUT2D eigenvalue weighted by atomic mass is 16.3. The van der Waals surface area contributed by atoms with Gasteiger partial charge in [-0.1, -0.05) is 68.4 Å². The summed E-state index contributed by atoms with van der Waals surface area (Å²) in [5.74, 6) is 0.684. The second-order valence-electron chi connectivity index (χ2n) is 6.20. The Balaban J connectivity index is 2.21. The summed E-state index contributed by atoms with van der Waals surface area (Å²) in [5, 5.41) is 17.6. The number of rotatable bonds is 1. The molecule has 0 aliphatic carbocycles. The van der Waals surface area contributed by atoms with E-state index in [-0.39, 0.29) is 0 Å². The van der Waals surface area contributed by atoms with Crippen LogP contribution in [0.5, 0.6) is 5.75 Å². The highest BCUT2D eigenvalue weighted by Gasteiger charge is 2.13. The van der Waals surface area contributed by atoms with Crippen molar-refractivity contribution in [3.63, 3.8) is 0 Å². The number of aromatic hydroxyl groups is 1. The molecular formula is C21H18O. The van der Waals surface area contributed by atoms with Crippen LogP contribution in [0.4, 0.5) is 0 Å². The van der Waals surface area contributed by atoms with Crippen LogP contribution in [0.25, 0.3) is 32.3 Å². The Kier molecular flexibility index (Phi) is 2.83. The van der Waals surface area contributed by atoms with Gasteiger partial charge in [0.25, 0.3) is 0 Å². The molecule has 0 heterocycles. The summed E-state index contributed by atoms with van der Waals surface area (Å²) in [6, 6.07) is 21.1. The normalized spacial score (nSPS) is 11.8. The SMILES string of the molecule is CC(C)c1c(O)ccc2c1ccc1c3ccccc3ccc21. The molecule has 4 aromatic carbocycles. The van der Waals surface area contributed by atoms with E-state index in [1.165, 1.54) is 26.9 Å². The predicted octanol–water partition coefficient (Wildman–Crippen LogP) is 5.98. The van der Waals surface area contributed by atoms with E-state index in [1.807, 2.05) is 12.1 Å². The van der Waals surface area contributed by atoms with Gasteiger partial charge >= 0.3 is 0 Å². The molecule has 0 atom stereocenters. The van der Waals surface area contributed by atoms with Crippen molar-refractivity contribution >= 4 is 32.3 Å². The zero-order valence-electron chi connectivity index (χ0n) is 12.8. The molecule has 0 fully saturated rings. The Labute approximate surface area is 129 Å². The fraction of sp³-hybridized carbons (Fsp3) is 0.143. The number of hydrogen-bond donors (Lipinski definition) is 1. The molecule has 4 aromatic rings. The third kappa shape index (κ3) is 1.79. The number of phenols is 1. The number of benzene rings is 4. The van der Waals surface area contributed by atoms with E-state index in [1.54, 1.807) is 0 Å². The van der Waals surface area contributed by atoms with E-state index in [2.05, 4.69) is 62.4 Å². The average Bonchev–Trinajstić information content (AvgIpc) is 2.53. The van der Waals surface area contributed by atoms with Crippen LogP contribution in [0.2, 0.25) is 0 Å². The van der Waals surface area contributed by atoms with Crippen molar-refractivity contribution < 1.29 is 5.11 Å². The highest BCUT2D eigenvalue weighted by molar-refractivity contribution is 6.17. The van der Waals surface area contributed by atoms with Crippen LogP contribution in [0, 0.1) is 0 Å². The van der Waals surface area contributed by atoms with Crippen molar-refractivity contribution in [1.82, 2.24) is 0 Å². The Morgan fingerprint density at radius 2 is 1.23 bits per heavy atom. The summed E-state index contributed by atoms with van der Waals surface area (Å²) in [6.45, 7) is 4.25. The Hall–Kier alpha value is -2.54. The van der Waals surface area contributed by atoms with Crippen molar-refractivity contribution in [3.05, 3.63) is 66.2 Å². The maximum absolute atomic E-state index is 10.2. The van der Waals surface area contributed by atoms with E-state index >= 15 is 0 Å². The maximum atomic E-state index is 10.2. The quantitative estimate of drug-likeness (QED) is 0.427. The molecule has 0 bridgehead atoms. The van der Waals surface area contributed by atoms with Gasteiger partial charge in [0.05, 0.1) is 0 Å². The van der Waals surface area contributed by atoms with Crippen molar-refractivity contribution in [2.75, 3.05) is 0 Å². The second kappa shape index (κ2) is 4.74. The molecule has 0 saturated heterocycles. The lowest BCUT2D eigenvalue weighted by molar-refractivity contribution is 0.466. The minimum Gasteiger partial charge on any atom is -0.508 e. The van der Waals surface area contributed by atoms with Crippen molar-refractivity contribution in [1.29, 1.82) is 0 Å². The van der Waals surface area contributed by atoms with Gasteiger partial charge in [0, 0.05) is 5.56 Å². The van der Waals surface area contributed by atoms with Gasteiger partial charge in [-0.15, -0.1) is 0 Å². The number of fused-ring (bicyclic) bond motifs is 5. The minimum absolute atomic E-state index is 0.293. The summed E-state index contributed by atoms with van der Waals surface area (Å²) in [6.07, 6.45) is 0. The molecule has 0 saturated carbocycles. The van der Waals surface area contributed by atoms with E-state index in [0.29, 0.717) is 11.7 Å². The Morgan fingerprint density at radius 3 is 2.05 bits per heavy atom. The molecule has 22 heavy (non-hydrogen) atoms. The monoisotopic (exact) mass is 286 g/mol. The lowest BCUT2D eigenvalue weighted by Crippen LogP contribution is -1.91. The first-order chi connectivity index (χ1) is 10.7. The molecule has 1 nitrogen and oxygen atoms in total. The van der Waals surface area contributed by atoms with Crippen molar-refractivity contribution in [3.8, 4) is 5.75 Å².